The van der Waals surface area contributed by atoms with Crippen molar-refractivity contribution in [1.82, 2.24) is 10.3 Å². The third-order valence-electron chi connectivity index (χ3n) is 4.38. The second-order valence-electron chi connectivity index (χ2n) is 6.64. The zero-order chi connectivity index (χ0) is 20.6. The van der Waals surface area contributed by atoms with Gasteiger partial charge >= 0.3 is 6.03 Å². The number of benzene rings is 2. The van der Waals surface area contributed by atoms with Crippen molar-refractivity contribution in [2.45, 2.75) is 20.4 Å². The van der Waals surface area contributed by atoms with Crippen LogP contribution in [0.4, 0.5) is 16.3 Å². The number of carbonyl (C=O) groups excluding carboxylic acids is 1. The fourth-order valence-corrected chi connectivity index (χ4v) is 3.04. The summed E-state index contributed by atoms with van der Waals surface area (Å²) in [5.74, 6) is 1.24. The number of nitrogens with one attached hydrogen (secondary N) is 3. The molecule has 0 aliphatic carbocycles. The summed E-state index contributed by atoms with van der Waals surface area (Å²) >= 11 is 0. The molecule has 7 heteroatoms. The number of ether oxygens (including phenoxy) is 1. The van der Waals surface area contributed by atoms with Crippen molar-refractivity contribution in [3.8, 4) is 5.75 Å². The number of pyridine rings is 1. The highest BCUT2D eigenvalue weighted by Crippen LogP contribution is 2.25. The van der Waals surface area contributed by atoms with E-state index in [0.29, 0.717) is 18.9 Å². The molecule has 0 unspecified atom stereocenters. The molecule has 0 radical (unpaired) electrons. The molecule has 2 amide bonds. The van der Waals surface area contributed by atoms with E-state index in [2.05, 4.69) is 27.0 Å². The Balaban J connectivity index is 1.74. The van der Waals surface area contributed by atoms with Gasteiger partial charge in [-0.3, -0.25) is 5.32 Å². The zero-order valence-corrected chi connectivity index (χ0v) is 16.7. The highest BCUT2D eigenvalue weighted by Gasteiger charge is 2.06. The van der Waals surface area contributed by atoms with Crippen molar-refractivity contribution < 1.29 is 14.6 Å². The number of carbonyl (C=O) groups is 1. The van der Waals surface area contributed by atoms with Crippen molar-refractivity contribution >= 4 is 28.3 Å². The molecule has 3 rings (SSSR count). The van der Waals surface area contributed by atoms with E-state index < -0.39 is 0 Å². The van der Waals surface area contributed by atoms with E-state index in [-0.39, 0.29) is 19.2 Å². The normalized spacial score (nSPS) is 10.6. The maximum Gasteiger partial charge on any atom is 0.320 e. The summed E-state index contributed by atoms with van der Waals surface area (Å²) in [5.41, 5.74) is 3.15. The first-order valence-electron chi connectivity index (χ1n) is 9.60. The van der Waals surface area contributed by atoms with Crippen LogP contribution in [0.1, 0.15) is 18.1 Å². The Kier molecular flexibility index (Phi) is 6.86. The van der Waals surface area contributed by atoms with Crippen LogP contribution >= 0.6 is 0 Å². The average molecular weight is 394 g/mol. The van der Waals surface area contributed by atoms with Crippen LogP contribution in [0.15, 0.2) is 48.7 Å². The summed E-state index contributed by atoms with van der Waals surface area (Å²) in [7, 11) is 0. The second kappa shape index (κ2) is 9.75. The Hall–Kier alpha value is -3.32. The monoisotopic (exact) mass is 394 g/mol. The number of anilines is 2. The van der Waals surface area contributed by atoms with E-state index in [0.717, 1.165) is 33.3 Å². The van der Waals surface area contributed by atoms with Gasteiger partial charge in [0.1, 0.15) is 18.2 Å². The fourth-order valence-electron chi connectivity index (χ4n) is 3.04. The maximum atomic E-state index is 11.7. The van der Waals surface area contributed by atoms with Crippen LogP contribution in [0.5, 0.6) is 5.75 Å². The first-order chi connectivity index (χ1) is 14.1. The number of aryl methyl sites for hydroxylation is 1. The lowest BCUT2D eigenvalue weighted by Gasteiger charge is -2.12. The lowest BCUT2D eigenvalue weighted by molar-refractivity contribution is 0.201. The van der Waals surface area contributed by atoms with Gasteiger partial charge in [-0.05, 0) is 60.7 Å². The van der Waals surface area contributed by atoms with Crippen molar-refractivity contribution in [1.29, 1.82) is 0 Å². The molecule has 0 bridgehead atoms. The number of aliphatic hydroxyl groups is 1. The van der Waals surface area contributed by atoms with Crippen LogP contribution < -0.4 is 20.7 Å². The van der Waals surface area contributed by atoms with Gasteiger partial charge in [0, 0.05) is 30.4 Å². The molecular formula is C22H26N4O3. The number of aliphatic hydroxyl groups excluding tert-OH is 1. The molecule has 29 heavy (non-hydrogen) atoms. The van der Waals surface area contributed by atoms with E-state index in [1.165, 1.54) is 0 Å². The van der Waals surface area contributed by atoms with Gasteiger partial charge in [-0.1, -0.05) is 12.1 Å². The van der Waals surface area contributed by atoms with Gasteiger partial charge in [-0.2, -0.15) is 0 Å². The van der Waals surface area contributed by atoms with Crippen LogP contribution in [-0.2, 0) is 6.54 Å². The van der Waals surface area contributed by atoms with Gasteiger partial charge in [-0.25, -0.2) is 9.78 Å². The summed E-state index contributed by atoms with van der Waals surface area (Å²) in [5, 5.41) is 19.8. The van der Waals surface area contributed by atoms with Crippen molar-refractivity contribution in [3.63, 3.8) is 0 Å². The predicted octanol–water partition coefficient (Wildman–Crippen LogP) is 3.67. The number of urea groups is 1. The quantitative estimate of drug-likeness (QED) is 0.468. The number of hydrogen-bond acceptors (Lipinski definition) is 5. The fraction of sp³-hybridized carbons (Fsp3) is 0.273. The number of amides is 2. The third kappa shape index (κ3) is 5.58. The molecule has 0 spiro atoms. The molecule has 4 N–H and O–H groups in total. The SMILES string of the molecule is CCNC(=O)Nc1cc2cc(NCc3cccc(OCCO)c3)cc(C)c2cn1. The second-order valence-corrected chi connectivity index (χ2v) is 6.64. The number of hydrogen-bond donors (Lipinski definition) is 4. The topological polar surface area (TPSA) is 95.5 Å². The molecule has 0 aliphatic rings. The minimum Gasteiger partial charge on any atom is -0.491 e. The highest BCUT2D eigenvalue weighted by atomic mass is 16.5. The summed E-state index contributed by atoms with van der Waals surface area (Å²) in [6.45, 7) is 5.36. The Morgan fingerprint density at radius 3 is 2.86 bits per heavy atom. The van der Waals surface area contributed by atoms with E-state index in [1.807, 2.05) is 50.2 Å². The molecule has 7 nitrogen and oxygen atoms in total. The van der Waals surface area contributed by atoms with E-state index in [9.17, 15) is 4.79 Å². The van der Waals surface area contributed by atoms with Gasteiger partial charge in [0.2, 0.25) is 0 Å². The van der Waals surface area contributed by atoms with Crippen LogP contribution in [0.25, 0.3) is 10.8 Å². The van der Waals surface area contributed by atoms with Crippen LogP contribution in [0.2, 0.25) is 0 Å². The van der Waals surface area contributed by atoms with Gasteiger partial charge in [-0.15, -0.1) is 0 Å². The van der Waals surface area contributed by atoms with Crippen molar-refractivity contribution in [2.24, 2.45) is 0 Å². The number of aromatic nitrogens is 1. The van der Waals surface area contributed by atoms with E-state index in [4.69, 9.17) is 9.84 Å². The Labute approximate surface area is 170 Å². The Morgan fingerprint density at radius 2 is 2.07 bits per heavy atom. The molecule has 1 heterocycles. The molecule has 0 saturated heterocycles. The molecule has 0 fully saturated rings. The molecule has 0 aliphatic heterocycles. The minimum atomic E-state index is -0.270. The van der Waals surface area contributed by atoms with E-state index in [1.54, 1.807) is 6.20 Å². The highest BCUT2D eigenvalue weighted by molar-refractivity contribution is 5.94. The first-order valence-corrected chi connectivity index (χ1v) is 9.60. The first kappa shape index (κ1) is 20.4. The van der Waals surface area contributed by atoms with Gasteiger partial charge in [0.25, 0.3) is 0 Å². The number of fused-ring (bicyclic) bond motifs is 1. The Morgan fingerprint density at radius 1 is 1.21 bits per heavy atom. The number of nitrogens with zero attached hydrogens (tertiary/aromatic N) is 1. The predicted molar refractivity (Wildman–Crippen MR) is 116 cm³/mol. The standard InChI is InChI=1S/C22H26N4O3/c1-3-23-22(28)26-21-12-17-11-18(9-15(2)20(17)14-25-21)24-13-16-5-4-6-19(10-16)29-8-7-27/h4-6,9-12,14,24,27H,3,7-8,13H2,1-2H3,(H2,23,25,26,28). The third-order valence-corrected chi connectivity index (χ3v) is 4.38. The van der Waals surface area contributed by atoms with Crippen molar-refractivity contribution in [2.75, 3.05) is 30.4 Å². The summed E-state index contributed by atoms with van der Waals surface area (Å²) in [6.07, 6.45) is 1.78. The van der Waals surface area contributed by atoms with Crippen LogP contribution in [0.3, 0.4) is 0 Å². The summed E-state index contributed by atoms with van der Waals surface area (Å²) in [6, 6.07) is 13.5. The molecule has 152 valence electrons. The lowest BCUT2D eigenvalue weighted by Crippen LogP contribution is -2.28. The minimum absolute atomic E-state index is 0.00928. The average Bonchev–Trinajstić information content (AvgIpc) is 2.71. The lowest BCUT2D eigenvalue weighted by atomic mass is 10.1. The zero-order valence-electron chi connectivity index (χ0n) is 16.7. The summed E-state index contributed by atoms with van der Waals surface area (Å²) < 4.78 is 5.46. The van der Waals surface area contributed by atoms with Gasteiger partial charge < -0.3 is 20.5 Å². The van der Waals surface area contributed by atoms with Gasteiger partial charge in [0.15, 0.2) is 0 Å². The Bertz CT molecular complexity index is 991. The van der Waals surface area contributed by atoms with E-state index >= 15 is 0 Å². The van der Waals surface area contributed by atoms with Crippen molar-refractivity contribution in [3.05, 3.63) is 59.8 Å². The summed E-state index contributed by atoms with van der Waals surface area (Å²) in [4.78, 5) is 16.1. The van der Waals surface area contributed by atoms with Crippen LogP contribution in [-0.4, -0.2) is 35.9 Å². The van der Waals surface area contributed by atoms with Gasteiger partial charge in [0.05, 0.1) is 6.61 Å². The molecule has 0 atom stereocenters. The number of rotatable bonds is 8. The molecule has 0 saturated carbocycles. The smallest absolute Gasteiger partial charge is 0.320 e. The molecular weight excluding hydrogens is 368 g/mol. The van der Waals surface area contributed by atoms with Crippen LogP contribution in [0, 0.1) is 6.92 Å². The molecule has 2 aromatic carbocycles. The largest absolute Gasteiger partial charge is 0.491 e. The molecule has 1 aromatic heterocycles. The maximum absolute atomic E-state index is 11.7. The molecule has 3 aromatic rings.